The average molecular weight is 245 g/mol. The van der Waals surface area contributed by atoms with E-state index in [1.165, 1.54) is 10.9 Å². The Bertz CT molecular complexity index is 511. The Morgan fingerprint density at radius 3 is 2.50 bits per heavy atom. The SMILES string of the molecule is CC(C)Cc1c(CNC(C)C)oc2ccccc12. The molecule has 0 unspecified atom stereocenters. The Labute approximate surface area is 109 Å². The molecule has 0 radical (unpaired) electrons. The van der Waals surface area contributed by atoms with Gasteiger partial charge in [0.15, 0.2) is 0 Å². The molecule has 0 aliphatic carbocycles. The third kappa shape index (κ3) is 2.94. The second-order valence-electron chi connectivity index (χ2n) is 5.63. The van der Waals surface area contributed by atoms with Gasteiger partial charge in [-0.3, -0.25) is 0 Å². The fourth-order valence-corrected chi connectivity index (χ4v) is 2.22. The van der Waals surface area contributed by atoms with Crippen LogP contribution in [0.25, 0.3) is 11.0 Å². The van der Waals surface area contributed by atoms with Crippen LogP contribution in [0.4, 0.5) is 0 Å². The van der Waals surface area contributed by atoms with Gasteiger partial charge in [-0.05, 0) is 18.4 Å². The second-order valence-corrected chi connectivity index (χ2v) is 5.63. The Morgan fingerprint density at radius 2 is 1.83 bits per heavy atom. The lowest BCUT2D eigenvalue weighted by molar-refractivity contribution is 0.478. The molecule has 0 saturated carbocycles. The minimum absolute atomic E-state index is 0.477. The number of benzene rings is 1. The van der Waals surface area contributed by atoms with Crippen molar-refractivity contribution in [2.75, 3.05) is 0 Å². The number of rotatable bonds is 5. The van der Waals surface area contributed by atoms with Crippen LogP contribution in [-0.4, -0.2) is 6.04 Å². The first kappa shape index (κ1) is 13.2. The largest absolute Gasteiger partial charge is 0.459 e. The summed E-state index contributed by atoms with van der Waals surface area (Å²) in [5.74, 6) is 1.74. The zero-order chi connectivity index (χ0) is 13.1. The zero-order valence-electron chi connectivity index (χ0n) is 11.8. The summed E-state index contributed by atoms with van der Waals surface area (Å²) in [7, 11) is 0. The fourth-order valence-electron chi connectivity index (χ4n) is 2.22. The molecule has 0 fully saturated rings. The lowest BCUT2D eigenvalue weighted by Crippen LogP contribution is -2.22. The first-order valence-electron chi connectivity index (χ1n) is 6.80. The van der Waals surface area contributed by atoms with E-state index in [2.05, 4.69) is 51.2 Å². The molecule has 2 heteroatoms. The molecule has 1 aromatic carbocycles. The van der Waals surface area contributed by atoms with Crippen LogP contribution in [0, 0.1) is 5.92 Å². The summed E-state index contributed by atoms with van der Waals surface area (Å²) < 4.78 is 5.99. The van der Waals surface area contributed by atoms with Gasteiger partial charge >= 0.3 is 0 Å². The molecule has 98 valence electrons. The van der Waals surface area contributed by atoms with Gasteiger partial charge in [0.25, 0.3) is 0 Å². The lowest BCUT2D eigenvalue weighted by atomic mass is 10.00. The number of hydrogen-bond acceptors (Lipinski definition) is 2. The van der Waals surface area contributed by atoms with E-state index in [-0.39, 0.29) is 0 Å². The van der Waals surface area contributed by atoms with Gasteiger partial charge in [-0.1, -0.05) is 45.9 Å². The monoisotopic (exact) mass is 245 g/mol. The Hall–Kier alpha value is -1.28. The molecule has 2 rings (SSSR count). The van der Waals surface area contributed by atoms with Crippen LogP contribution < -0.4 is 5.32 Å². The maximum atomic E-state index is 5.99. The van der Waals surface area contributed by atoms with Crippen molar-refractivity contribution in [1.29, 1.82) is 0 Å². The molecule has 1 heterocycles. The van der Waals surface area contributed by atoms with Crippen LogP contribution in [0.2, 0.25) is 0 Å². The van der Waals surface area contributed by atoms with Crippen LogP contribution in [0.3, 0.4) is 0 Å². The molecule has 0 aliphatic heterocycles. The molecule has 2 nitrogen and oxygen atoms in total. The molecular weight excluding hydrogens is 222 g/mol. The molecule has 0 saturated heterocycles. The van der Waals surface area contributed by atoms with E-state index in [4.69, 9.17) is 4.42 Å². The van der Waals surface area contributed by atoms with Gasteiger partial charge in [-0.25, -0.2) is 0 Å². The fraction of sp³-hybridized carbons (Fsp3) is 0.500. The predicted octanol–water partition coefficient (Wildman–Crippen LogP) is 4.13. The summed E-state index contributed by atoms with van der Waals surface area (Å²) >= 11 is 0. The quantitative estimate of drug-likeness (QED) is 0.856. The Morgan fingerprint density at radius 1 is 1.11 bits per heavy atom. The number of fused-ring (bicyclic) bond motifs is 1. The summed E-state index contributed by atoms with van der Waals surface area (Å²) in [6.45, 7) is 9.63. The van der Waals surface area contributed by atoms with E-state index in [9.17, 15) is 0 Å². The molecule has 2 aromatic rings. The maximum absolute atomic E-state index is 5.99. The minimum atomic E-state index is 0.477. The third-order valence-electron chi connectivity index (χ3n) is 3.07. The van der Waals surface area contributed by atoms with Crippen LogP contribution in [0.5, 0.6) is 0 Å². The maximum Gasteiger partial charge on any atom is 0.134 e. The Kier molecular flexibility index (Phi) is 4.07. The summed E-state index contributed by atoms with van der Waals surface area (Å²) in [5, 5.41) is 4.71. The van der Waals surface area contributed by atoms with E-state index in [0.717, 1.165) is 24.3 Å². The van der Waals surface area contributed by atoms with Crippen LogP contribution in [0.1, 0.15) is 39.0 Å². The molecule has 18 heavy (non-hydrogen) atoms. The van der Waals surface area contributed by atoms with Gasteiger partial charge in [0.2, 0.25) is 0 Å². The van der Waals surface area contributed by atoms with Gasteiger partial charge in [-0.15, -0.1) is 0 Å². The zero-order valence-corrected chi connectivity index (χ0v) is 11.8. The number of hydrogen-bond donors (Lipinski definition) is 1. The highest BCUT2D eigenvalue weighted by Crippen LogP contribution is 2.28. The highest BCUT2D eigenvalue weighted by Gasteiger charge is 2.14. The van der Waals surface area contributed by atoms with Crippen molar-refractivity contribution in [3.05, 3.63) is 35.6 Å². The molecular formula is C16H23NO. The lowest BCUT2D eigenvalue weighted by Gasteiger charge is -2.09. The van der Waals surface area contributed by atoms with E-state index in [1.807, 2.05) is 6.07 Å². The smallest absolute Gasteiger partial charge is 0.134 e. The van der Waals surface area contributed by atoms with Crippen molar-refractivity contribution in [2.45, 2.75) is 46.7 Å². The summed E-state index contributed by atoms with van der Waals surface area (Å²) in [6, 6.07) is 8.81. The minimum Gasteiger partial charge on any atom is -0.459 e. The van der Waals surface area contributed by atoms with E-state index >= 15 is 0 Å². The first-order valence-corrected chi connectivity index (χ1v) is 6.80. The molecule has 0 atom stereocenters. The number of nitrogens with one attached hydrogen (secondary N) is 1. The van der Waals surface area contributed by atoms with Crippen LogP contribution >= 0.6 is 0 Å². The number of para-hydroxylation sites is 1. The average Bonchev–Trinajstić information content (AvgIpc) is 2.64. The van der Waals surface area contributed by atoms with Crippen molar-refractivity contribution in [2.24, 2.45) is 5.92 Å². The molecule has 0 aliphatic rings. The molecule has 1 aromatic heterocycles. The summed E-state index contributed by atoms with van der Waals surface area (Å²) in [6.07, 6.45) is 1.08. The Balaban J connectivity index is 2.36. The molecule has 0 bridgehead atoms. The number of furan rings is 1. The van der Waals surface area contributed by atoms with Crippen molar-refractivity contribution >= 4 is 11.0 Å². The topological polar surface area (TPSA) is 25.2 Å². The third-order valence-corrected chi connectivity index (χ3v) is 3.07. The van der Waals surface area contributed by atoms with Gasteiger partial charge in [0, 0.05) is 17.0 Å². The van der Waals surface area contributed by atoms with Gasteiger partial charge in [-0.2, -0.15) is 0 Å². The van der Waals surface area contributed by atoms with Crippen molar-refractivity contribution in [1.82, 2.24) is 5.32 Å². The van der Waals surface area contributed by atoms with Crippen molar-refractivity contribution in [3.8, 4) is 0 Å². The second kappa shape index (κ2) is 5.57. The first-order chi connectivity index (χ1) is 8.58. The predicted molar refractivity (Wildman–Crippen MR) is 76.7 cm³/mol. The summed E-state index contributed by atoms with van der Waals surface area (Å²) in [5.41, 5.74) is 2.38. The van der Waals surface area contributed by atoms with E-state index < -0.39 is 0 Å². The standard InChI is InChI=1S/C16H23NO/c1-11(2)9-14-13-7-5-6-8-15(13)18-16(14)10-17-12(3)4/h5-8,11-12,17H,9-10H2,1-4H3. The molecule has 1 N–H and O–H groups in total. The van der Waals surface area contributed by atoms with Gasteiger partial charge in [0.05, 0.1) is 6.54 Å². The van der Waals surface area contributed by atoms with Crippen LogP contribution in [-0.2, 0) is 13.0 Å². The highest BCUT2D eigenvalue weighted by molar-refractivity contribution is 5.82. The molecule has 0 spiro atoms. The van der Waals surface area contributed by atoms with E-state index in [1.54, 1.807) is 0 Å². The van der Waals surface area contributed by atoms with Gasteiger partial charge < -0.3 is 9.73 Å². The van der Waals surface area contributed by atoms with Gasteiger partial charge in [0.1, 0.15) is 11.3 Å². The van der Waals surface area contributed by atoms with Crippen molar-refractivity contribution in [3.63, 3.8) is 0 Å². The highest BCUT2D eigenvalue weighted by atomic mass is 16.3. The molecule has 0 amide bonds. The normalized spacial score (nSPS) is 11.9. The summed E-state index contributed by atoms with van der Waals surface area (Å²) in [4.78, 5) is 0. The van der Waals surface area contributed by atoms with Crippen molar-refractivity contribution < 1.29 is 4.42 Å². The van der Waals surface area contributed by atoms with E-state index in [0.29, 0.717) is 12.0 Å². The van der Waals surface area contributed by atoms with Crippen LogP contribution in [0.15, 0.2) is 28.7 Å².